The summed E-state index contributed by atoms with van der Waals surface area (Å²) in [6.07, 6.45) is 2.97. The molecule has 2 aromatic carbocycles. The third-order valence-corrected chi connectivity index (χ3v) is 6.39. The number of amides is 1. The Kier molecular flexibility index (Phi) is 7.23. The molecule has 1 aliphatic carbocycles. The number of hydrogen-bond acceptors (Lipinski definition) is 7. The number of halogens is 1. The number of hydrogen-bond donors (Lipinski definition) is 1. The maximum absolute atomic E-state index is 13.4. The van der Waals surface area contributed by atoms with Crippen molar-refractivity contribution in [3.8, 4) is 23.1 Å². The molecule has 8 nitrogen and oxygen atoms in total. The van der Waals surface area contributed by atoms with Gasteiger partial charge in [-0.25, -0.2) is 4.39 Å². The molecule has 4 rings (SSSR count). The number of nitrogens with one attached hydrogen (secondary N) is 1. The van der Waals surface area contributed by atoms with Gasteiger partial charge in [-0.05, 0) is 62.1 Å². The second-order valence-corrected chi connectivity index (χ2v) is 8.83. The number of ether oxygens (including phenoxy) is 1. The van der Waals surface area contributed by atoms with Gasteiger partial charge in [0.05, 0.1) is 11.8 Å². The fourth-order valence-corrected chi connectivity index (χ4v) is 4.57. The maximum atomic E-state index is 13.4. The van der Waals surface area contributed by atoms with E-state index in [1.165, 1.54) is 12.1 Å². The summed E-state index contributed by atoms with van der Waals surface area (Å²) < 4.78 is 20.2. The Morgan fingerprint density at radius 1 is 1.12 bits per heavy atom. The second kappa shape index (κ2) is 10.5. The minimum Gasteiger partial charge on any atom is -0.455 e. The minimum absolute atomic E-state index is 0.0922. The number of aromatic nitrogens is 3. The van der Waals surface area contributed by atoms with E-state index in [1.807, 2.05) is 30.3 Å². The van der Waals surface area contributed by atoms with Crippen LogP contribution in [0.1, 0.15) is 25.7 Å². The van der Waals surface area contributed by atoms with Crippen molar-refractivity contribution in [3.63, 3.8) is 0 Å². The van der Waals surface area contributed by atoms with Crippen LogP contribution in [0.2, 0.25) is 0 Å². The molecule has 0 atom stereocenters. The van der Waals surface area contributed by atoms with Crippen molar-refractivity contribution in [1.29, 1.82) is 5.26 Å². The molecular formula is C24H22FN5O3S. The average Bonchev–Trinajstić information content (AvgIpc) is 3.50. The van der Waals surface area contributed by atoms with Crippen LogP contribution in [0.25, 0.3) is 17.1 Å². The van der Waals surface area contributed by atoms with E-state index in [0.717, 1.165) is 30.3 Å². The quantitative estimate of drug-likeness (QED) is 0.388. The van der Waals surface area contributed by atoms with Crippen molar-refractivity contribution in [2.75, 3.05) is 12.4 Å². The zero-order chi connectivity index (χ0) is 24.0. The van der Waals surface area contributed by atoms with E-state index in [1.54, 1.807) is 16.7 Å². The number of benzene rings is 2. The van der Waals surface area contributed by atoms with E-state index >= 15 is 0 Å². The third-order valence-electron chi connectivity index (χ3n) is 5.48. The lowest BCUT2D eigenvalue weighted by Crippen LogP contribution is -2.46. The summed E-state index contributed by atoms with van der Waals surface area (Å²) >= 11 is 1.11. The lowest BCUT2D eigenvalue weighted by Gasteiger charge is -2.21. The standard InChI is InChI=1S/C24H22FN5O3S/c25-18-10-8-17(9-11-18)22-28-29-23(30(22)19-6-2-1-3-7-19)34-15-21(32)33-14-20(31)27-24(16-26)12-4-5-13-24/h1-3,6-11H,4-5,12-15H2,(H,27,31). The second-order valence-electron chi connectivity index (χ2n) is 7.88. The first-order valence-electron chi connectivity index (χ1n) is 10.8. The number of para-hydroxylation sites is 1. The molecular weight excluding hydrogens is 457 g/mol. The van der Waals surface area contributed by atoms with Crippen molar-refractivity contribution in [1.82, 2.24) is 20.1 Å². The largest absolute Gasteiger partial charge is 0.455 e. The lowest BCUT2D eigenvalue weighted by molar-refractivity contribution is -0.146. The van der Waals surface area contributed by atoms with Crippen LogP contribution in [0.4, 0.5) is 4.39 Å². The van der Waals surface area contributed by atoms with E-state index in [4.69, 9.17) is 4.74 Å². The highest BCUT2D eigenvalue weighted by Gasteiger charge is 2.35. The molecule has 0 aliphatic heterocycles. The Labute approximate surface area is 200 Å². The molecule has 1 aliphatic rings. The molecule has 3 aromatic rings. The van der Waals surface area contributed by atoms with E-state index in [2.05, 4.69) is 21.6 Å². The fraction of sp³-hybridized carbons (Fsp3) is 0.292. The molecule has 1 N–H and O–H groups in total. The highest BCUT2D eigenvalue weighted by atomic mass is 32.2. The summed E-state index contributed by atoms with van der Waals surface area (Å²) in [6, 6.07) is 17.4. The van der Waals surface area contributed by atoms with Crippen LogP contribution in [-0.4, -0.2) is 44.5 Å². The molecule has 1 fully saturated rings. The predicted octanol–water partition coefficient (Wildman–Crippen LogP) is 3.66. The van der Waals surface area contributed by atoms with Gasteiger partial charge in [-0.15, -0.1) is 10.2 Å². The summed E-state index contributed by atoms with van der Waals surface area (Å²) in [7, 11) is 0. The molecule has 1 aromatic heterocycles. The summed E-state index contributed by atoms with van der Waals surface area (Å²) in [5.74, 6) is -1.04. The van der Waals surface area contributed by atoms with Gasteiger partial charge in [-0.2, -0.15) is 5.26 Å². The van der Waals surface area contributed by atoms with Crippen LogP contribution >= 0.6 is 11.8 Å². The lowest BCUT2D eigenvalue weighted by atomic mass is 10.00. The van der Waals surface area contributed by atoms with Gasteiger partial charge in [0.25, 0.3) is 5.91 Å². The number of carbonyl (C=O) groups excluding carboxylic acids is 2. The number of esters is 1. The highest BCUT2D eigenvalue weighted by molar-refractivity contribution is 7.99. The van der Waals surface area contributed by atoms with Crippen molar-refractivity contribution in [2.24, 2.45) is 0 Å². The molecule has 174 valence electrons. The van der Waals surface area contributed by atoms with Gasteiger partial charge in [0.1, 0.15) is 11.4 Å². The van der Waals surface area contributed by atoms with Crippen LogP contribution in [0.15, 0.2) is 59.8 Å². The van der Waals surface area contributed by atoms with Gasteiger partial charge >= 0.3 is 5.97 Å². The van der Waals surface area contributed by atoms with Crippen molar-refractivity contribution in [2.45, 2.75) is 36.4 Å². The first-order valence-corrected chi connectivity index (χ1v) is 11.8. The van der Waals surface area contributed by atoms with Crippen LogP contribution in [0, 0.1) is 17.1 Å². The van der Waals surface area contributed by atoms with Crippen molar-refractivity contribution >= 4 is 23.6 Å². The average molecular weight is 480 g/mol. The molecule has 10 heteroatoms. The van der Waals surface area contributed by atoms with Gasteiger partial charge in [-0.1, -0.05) is 30.0 Å². The SMILES string of the molecule is N#CC1(NC(=O)COC(=O)CSc2nnc(-c3ccc(F)cc3)n2-c2ccccc2)CCCC1. The minimum atomic E-state index is -0.860. The number of carbonyl (C=O) groups is 2. The van der Waals surface area contributed by atoms with Crippen LogP contribution in [0.3, 0.4) is 0 Å². The Bertz CT molecular complexity index is 1200. The zero-order valence-corrected chi connectivity index (χ0v) is 19.1. The maximum Gasteiger partial charge on any atom is 0.316 e. The predicted molar refractivity (Wildman–Crippen MR) is 123 cm³/mol. The molecule has 0 bridgehead atoms. The van der Waals surface area contributed by atoms with Gasteiger partial charge in [0.15, 0.2) is 17.6 Å². The van der Waals surface area contributed by atoms with E-state index in [9.17, 15) is 19.2 Å². The van der Waals surface area contributed by atoms with Crippen LogP contribution in [-0.2, 0) is 14.3 Å². The van der Waals surface area contributed by atoms with Gasteiger partial charge in [-0.3, -0.25) is 14.2 Å². The van der Waals surface area contributed by atoms with Crippen molar-refractivity contribution in [3.05, 3.63) is 60.4 Å². The summed E-state index contributed by atoms with van der Waals surface area (Å²) in [5, 5.41) is 20.9. The van der Waals surface area contributed by atoms with Gasteiger partial charge < -0.3 is 10.1 Å². The fourth-order valence-electron chi connectivity index (χ4n) is 3.82. The zero-order valence-electron chi connectivity index (χ0n) is 18.2. The number of nitriles is 1. The molecule has 1 amide bonds. The Morgan fingerprint density at radius 3 is 2.50 bits per heavy atom. The Hall–Kier alpha value is -3.71. The molecule has 0 radical (unpaired) electrons. The Balaban J connectivity index is 1.41. The normalized spacial score (nSPS) is 14.4. The third kappa shape index (κ3) is 5.43. The monoisotopic (exact) mass is 479 g/mol. The molecule has 1 saturated carbocycles. The smallest absolute Gasteiger partial charge is 0.316 e. The highest BCUT2D eigenvalue weighted by Crippen LogP contribution is 2.29. The molecule has 0 unspecified atom stereocenters. The first-order chi connectivity index (χ1) is 16.5. The van der Waals surface area contributed by atoms with Crippen LogP contribution < -0.4 is 5.32 Å². The number of thioether (sulfide) groups is 1. The first kappa shape index (κ1) is 23.4. The number of rotatable bonds is 8. The molecule has 0 saturated heterocycles. The van der Waals surface area contributed by atoms with Gasteiger partial charge in [0.2, 0.25) is 0 Å². The van der Waals surface area contributed by atoms with E-state index in [-0.39, 0.29) is 11.6 Å². The Morgan fingerprint density at radius 2 is 1.82 bits per heavy atom. The summed E-state index contributed by atoms with van der Waals surface area (Å²) in [5.41, 5.74) is 0.587. The van der Waals surface area contributed by atoms with Crippen molar-refractivity contribution < 1.29 is 18.7 Å². The summed E-state index contributed by atoms with van der Waals surface area (Å²) in [4.78, 5) is 24.4. The molecule has 34 heavy (non-hydrogen) atoms. The van der Waals surface area contributed by atoms with E-state index in [0.29, 0.717) is 29.4 Å². The van der Waals surface area contributed by atoms with Gasteiger partial charge in [0, 0.05) is 11.3 Å². The summed E-state index contributed by atoms with van der Waals surface area (Å²) in [6.45, 7) is -0.449. The topological polar surface area (TPSA) is 110 Å². The van der Waals surface area contributed by atoms with Crippen LogP contribution in [0.5, 0.6) is 0 Å². The van der Waals surface area contributed by atoms with E-state index < -0.39 is 24.0 Å². The number of nitrogens with zero attached hydrogens (tertiary/aromatic N) is 4. The molecule has 1 heterocycles. The molecule has 0 spiro atoms.